The van der Waals surface area contributed by atoms with Crippen LogP contribution >= 0.6 is 0 Å². The van der Waals surface area contributed by atoms with Crippen molar-refractivity contribution in [2.45, 2.75) is 45.6 Å². The maximum absolute atomic E-state index is 12.1. The highest BCUT2D eigenvalue weighted by molar-refractivity contribution is 5.94. The van der Waals surface area contributed by atoms with E-state index >= 15 is 0 Å². The maximum atomic E-state index is 12.1. The van der Waals surface area contributed by atoms with Crippen LogP contribution in [0.4, 0.5) is 5.69 Å². The van der Waals surface area contributed by atoms with Gasteiger partial charge in [-0.15, -0.1) is 0 Å². The lowest BCUT2D eigenvalue weighted by Crippen LogP contribution is -2.43. The first-order chi connectivity index (χ1) is 10.5. The summed E-state index contributed by atoms with van der Waals surface area (Å²) in [5.74, 6) is -0.0667. The van der Waals surface area contributed by atoms with E-state index in [-0.39, 0.29) is 30.7 Å². The fourth-order valence-electron chi connectivity index (χ4n) is 2.74. The molecule has 22 heavy (non-hydrogen) atoms. The van der Waals surface area contributed by atoms with Crippen molar-refractivity contribution in [2.24, 2.45) is 5.73 Å². The number of likely N-dealkylation sites (tertiary alicyclic amines) is 1. The van der Waals surface area contributed by atoms with E-state index in [4.69, 9.17) is 5.73 Å². The molecule has 0 aromatic heterocycles. The van der Waals surface area contributed by atoms with Crippen molar-refractivity contribution in [3.05, 3.63) is 29.3 Å². The third-order valence-electron chi connectivity index (χ3n) is 4.20. The van der Waals surface area contributed by atoms with Crippen molar-refractivity contribution in [3.8, 4) is 0 Å². The van der Waals surface area contributed by atoms with Gasteiger partial charge in [0, 0.05) is 37.7 Å². The molecule has 2 amide bonds. The lowest BCUT2D eigenvalue weighted by molar-refractivity contribution is -0.133. The first-order valence-corrected chi connectivity index (χ1v) is 7.87. The third kappa shape index (κ3) is 4.31. The average Bonchev–Trinajstić information content (AvgIpc) is 2.49. The number of aryl methyl sites for hydroxylation is 2. The molecular weight excluding hydrogens is 278 g/mol. The first kappa shape index (κ1) is 16.5. The quantitative estimate of drug-likeness (QED) is 0.893. The van der Waals surface area contributed by atoms with E-state index < -0.39 is 0 Å². The average molecular weight is 303 g/mol. The Morgan fingerprint density at radius 1 is 1.18 bits per heavy atom. The first-order valence-electron chi connectivity index (χ1n) is 7.87. The van der Waals surface area contributed by atoms with Crippen LogP contribution in [0, 0.1) is 13.8 Å². The Labute approximate surface area is 131 Å². The van der Waals surface area contributed by atoms with Crippen molar-refractivity contribution in [2.75, 3.05) is 18.4 Å². The van der Waals surface area contributed by atoms with Crippen LogP contribution in [0.15, 0.2) is 18.2 Å². The van der Waals surface area contributed by atoms with E-state index in [0.29, 0.717) is 13.1 Å². The largest absolute Gasteiger partial charge is 0.343 e. The highest BCUT2D eigenvalue weighted by Gasteiger charge is 2.21. The van der Waals surface area contributed by atoms with Crippen LogP contribution in [0.25, 0.3) is 0 Å². The van der Waals surface area contributed by atoms with Gasteiger partial charge < -0.3 is 16.0 Å². The normalized spacial score (nSPS) is 15.7. The standard InChI is InChI=1S/C17H25N3O2/c1-12-4-3-5-13(2)17(12)19-15(21)6-7-16(22)20-10-8-14(18)9-11-20/h3-5,14H,6-11,18H2,1-2H3,(H,19,21). The number of carbonyl (C=O) groups is 2. The number of carbonyl (C=O) groups excluding carboxylic acids is 2. The second kappa shape index (κ2) is 7.40. The van der Waals surface area contributed by atoms with Gasteiger partial charge >= 0.3 is 0 Å². The van der Waals surface area contributed by atoms with Crippen molar-refractivity contribution >= 4 is 17.5 Å². The molecule has 0 radical (unpaired) electrons. The molecule has 1 heterocycles. The molecule has 1 fully saturated rings. The number of nitrogens with one attached hydrogen (secondary N) is 1. The molecule has 0 saturated carbocycles. The zero-order valence-electron chi connectivity index (χ0n) is 13.4. The number of benzene rings is 1. The van der Waals surface area contributed by atoms with Crippen LogP contribution in [0.2, 0.25) is 0 Å². The monoisotopic (exact) mass is 303 g/mol. The molecule has 5 heteroatoms. The number of piperidine rings is 1. The van der Waals surface area contributed by atoms with Crippen LogP contribution in [0.3, 0.4) is 0 Å². The molecule has 0 aliphatic carbocycles. The van der Waals surface area contributed by atoms with Gasteiger partial charge in [-0.1, -0.05) is 18.2 Å². The Hall–Kier alpha value is -1.88. The molecule has 1 aromatic rings. The van der Waals surface area contributed by atoms with E-state index in [1.807, 2.05) is 36.9 Å². The summed E-state index contributed by atoms with van der Waals surface area (Å²) in [6.07, 6.45) is 2.17. The minimum atomic E-state index is -0.112. The van der Waals surface area contributed by atoms with Crippen LogP contribution in [0.5, 0.6) is 0 Å². The van der Waals surface area contributed by atoms with Gasteiger partial charge in [-0.05, 0) is 37.8 Å². The molecule has 120 valence electrons. The summed E-state index contributed by atoms with van der Waals surface area (Å²) in [7, 11) is 0. The van der Waals surface area contributed by atoms with Crippen molar-refractivity contribution < 1.29 is 9.59 Å². The number of nitrogens with two attached hydrogens (primary N) is 1. The Morgan fingerprint density at radius 3 is 2.36 bits per heavy atom. The second-order valence-electron chi connectivity index (χ2n) is 6.03. The smallest absolute Gasteiger partial charge is 0.224 e. The highest BCUT2D eigenvalue weighted by Crippen LogP contribution is 2.19. The number of amides is 2. The Kier molecular flexibility index (Phi) is 5.55. The number of anilines is 1. The van der Waals surface area contributed by atoms with E-state index in [2.05, 4.69) is 5.32 Å². The van der Waals surface area contributed by atoms with Crippen molar-refractivity contribution in [3.63, 3.8) is 0 Å². The molecule has 1 aliphatic rings. The lowest BCUT2D eigenvalue weighted by atomic mass is 10.1. The zero-order chi connectivity index (χ0) is 16.1. The summed E-state index contributed by atoms with van der Waals surface area (Å²) < 4.78 is 0. The SMILES string of the molecule is Cc1cccc(C)c1NC(=O)CCC(=O)N1CCC(N)CC1. The predicted octanol–water partition coefficient (Wildman–Crippen LogP) is 1.97. The number of para-hydroxylation sites is 1. The van der Waals surface area contributed by atoms with Gasteiger partial charge in [0.1, 0.15) is 0 Å². The summed E-state index contributed by atoms with van der Waals surface area (Å²) in [6, 6.07) is 6.09. The van der Waals surface area contributed by atoms with Gasteiger partial charge in [-0.3, -0.25) is 9.59 Å². The summed E-state index contributed by atoms with van der Waals surface area (Å²) >= 11 is 0. The second-order valence-corrected chi connectivity index (χ2v) is 6.03. The van der Waals surface area contributed by atoms with Gasteiger partial charge in [-0.25, -0.2) is 0 Å². The zero-order valence-corrected chi connectivity index (χ0v) is 13.4. The highest BCUT2D eigenvalue weighted by atomic mass is 16.2. The molecule has 0 spiro atoms. The Balaban J connectivity index is 1.81. The topological polar surface area (TPSA) is 75.4 Å². The van der Waals surface area contributed by atoms with Crippen LogP contribution in [0.1, 0.15) is 36.8 Å². The van der Waals surface area contributed by atoms with Gasteiger partial charge in [0.2, 0.25) is 11.8 Å². The van der Waals surface area contributed by atoms with Crippen LogP contribution in [-0.4, -0.2) is 35.8 Å². The number of rotatable bonds is 4. The van der Waals surface area contributed by atoms with Crippen molar-refractivity contribution in [1.29, 1.82) is 0 Å². The lowest BCUT2D eigenvalue weighted by Gasteiger charge is -2.30. The molecular formula is C17H25N3O2. The van der Waals surface area contributed by atoms with Crippen molar-refractivity contribution in [1.82, 2.24) is 4.90 Å². The van der Waals surface area contributed by atoms with Gasteiger partial charge in [0.05, 0.1) is 0 Å². The number of hydrogen-bond donors (Lipinski definition) is 2. The Bertz CT molecular complexity index is 529. The molecule has 5 nitrogen and oxygen atoms in total. The van der Waals surface area contributed by atoms with Gasteiger partial charge in [0.25, 0.3) is 0 Å². The van der Waals surface area contributed by atoms with Crippen LogP contribution < -0.4 is 11.1 Å². The molecule has 0 unspecified atom stereocenters. The van der Waals surface area contributed by atoms with E-state index in [1.54, 1.807) is 0 Å². The molecule has 3 N–H and O–H groups in total. The Morgan fingerprint density at radius 2 is 1.77 bits per heavy atom. The fraction of sp³-hybridized carbons (Fsp3) is 0.529. The predicted molar refractivity (Wildman–Crippen MR) is 87.6 cm³/mol. The van der Waals surface area contributed by atoms with Gasteiger partial charge in [-0.2, -0.15) is 0 Å². The number of nitrogens with zero attached hydrogens (tertiary/aromatic N) is 1. The van der Waals surface area contributed by atoms with Gasteiger partial charge in [0.15, 0.2) is 0 Å². The molecule has 1 aliphatic heterocycles. The van der Waals surface area contributed by atoms with Crippen LogP contribution in [-0.2, 0) is 9.59 Å². The summed E-state index contributed by atoms with van der Waals surface area (Å²) in [5.41, 5.74) is 8.75. The minimum Gasteiger partial charge on any atom is -0.343 e. The summed E-state index contributed by atoms with van der Waals surface area (Å²) in [5, 5.41) is 2.91. The molecule has 0 atom stereocenters. The number of hydrogen-bond acceptors (Lipinski definition) is 3. The van der Waals surface area contributed by atoms with E-state index in [1.165, 1.54) is 0 Å². The van der Waals surface area contributed by atoms with E-state index in [0.717, 1.165) is 29.7 Å². The molecule has 1 saturated heterocycles. The van der Waals surface area contributed by atoms with E-state index in [9.17, 15) is 9.59 Å². The summed E-state index contributed by atoms with van der Waals surface area (Å²) in [6.45, 7) is 5.34. The summed E-state index contributed by atoms with van der Waals surface area (Å²) in [4.78, 5) is 26.0. The fourth-order valence-corrected chi connectivity index (χ4v) is 2.74. The molecule has 1 aromatic carbocycles. The maximum Gasteiger partial charge on any atom is 0.224 e. The molecule has 2 rings (SSSR count). The third-order valence-corrected chi connectivity index (χ3v) is 4.20. The minimum absolute atomic E-state index is 0.0450. The molecule has 0 bridgehead atoms.